The van der Waals surface area contributed by atoms with Crippen LogP contribution in [0.5, 0.6) is 0 Å². The molecule has 0 aliphatic carbocycles. The van der Waals surface area contributed by atoms with E-state index < -0.39 is 0 Å². The lowest BCUT2D eigenvalue weighted by atomic mass is 10.1. The summed E-state index contributed by atoms with van der Waals surface area (Å²) in [5, 5.41) is 0. The van der Waals surface area contributed by atoms with Crippen molar-refractivity contribution in [1.82, 2.24) is 14.5 Å². The van der Waals surface area contributed by atoms with Crippen molar-refractivity contribution < 1.29 is 0 Å². The minimum absolute atomic E-state index is 0.622. The first-order valence-electron chi connectivity index (χ1n) is 3.63. The second-order valence-electron chi connectivity index (χ2n) is 3.00. The van der Waals surface area contributed by atoms with Gasteiger partial charge in [-0.25, -0.2) is 4.98 Å². The van der Waals surface area contributed by atoms with E-state index in [4.69, 9.17) is 0 Å². The van der Waals surface area contributed by atoms with E-state index >= 15 is 0 Å². The van der Waals surface area contributed by atoms with Gasteiger partial charge >= 0.3 is 0 Å². The Morgan fingerprint density at radius 2 is 2.36 bits per heavy atom. The predicted molar refractivity (Wildman–Crippen MR) is 46.5 cm³/mol. The van der Waals surface area contributed by atoms with Crippen molar-refractivity contribution in [2.24, 2.45) is 0 Å². The Kier molecular flexibility index (Phi) is 1.73. The van der Waals surface area contributed by atoms with Crippen LogP contribution in [0.2, 0.25) is 0 Å². The molecular weight excluding hydrogens is 206 g/mol. The lowest BCUT2D eigenvalue weighted by Gasteiger charge is -2.37. The predicted octanol–water partition coefficient (Wildman–Crippen LogP) is 1.13. The van der Waals surface area contributed by atoms with Crippen LogP contribution in [0.15, 0.2) is 17.1 Å². The van der Waals surface area contributed by atoms with Crippen molar-refractivity contribution in [1.29, 1.82) is 0 Å². The Balaban J connectivity index is 2.12. The normalized spacial score (nSPS) is 20.2. The number of rotatable bonds is 1. The van der Waals surface area contributed by atoms with Crippen LogP contribution in [-0.2, 0) is 0 Å². The number of nitrogens with zero attached hydrogens (tertiary/aromatic N) is 3. The first-order chi connectivity index (χ1) is 5.27. The van der Waals surface area contributed by atoms with Gasteiger partial charge in [0.25, 0.3) is 0 Å². The Morgan fingerprint density at radius 1 is 1.64 bits per heavy atom. The summed E-state index contributed by atoms with van der Waals surface area (Å²) in [4.78, 5) is 6.34. The first-order valence-corrected chi connectivity index (χ1v) is 4.42. The minimum Gasteiger partial charge on any atom is -0.320 e. The zero-order valence-electron chi connectivity index (χ0n) is 6.37. The Hall–Kier alpha value is -0.350. The zero-order valence-corrected chi connectivity index (χ0v) is 7.95. The van der Waals surface area contributed by atoms with Crippen LogP contribution < -0.4 is 0 Å². The van der Waals surface area contributed by atoms with Crippen LogP contribution in [0.1, 0.15) is 6.04 Å². The first kappa shape index (κ1) is 7.31. The average molecular weight is 216 g/mol. The molecular formula is C7H10BrN3. The monoisotopic (exact) mass is 215 g/mol. The van der Waals surface area contributed by atoms with Crippen LogP contribution in [0.4, 0.5) is 0 Å². The Morgan fingerprint density at radius 3 is 2.82 bits per heavy atom. The third kappa shape index (κ3) is 1.20. The second kappa shape index (κ2) is 2.60. The topological polar surface area (TPSA) is 21.1 Å². The van der Waals surface area contributed by atoms with Gasteiger partial charge in [-0.05, 0) is 23.0 Å². The largest absolute Gasteiger partial charge is 0.320 e. The fourth-order valence-corrected chi connectivity index (χ4v) is 1.90. The van der Waals surface area contributed by atoms with Gasteiger partial charge in [0, 0.05) is 13.1 Å². The SMILES string of the molecule is CN1CC(n2cncc2Br)C1. The van der Waals surface area contributed by atoms with Gasteiger partial charge in [0.2, 0.25) is 0 Å². The van der Waals surface area contributed by atoms with E-state index in [0.717, 1.165) is 17.7 Å². The van der Waals surface area contributed by atoms with E-state index in [1.165, 1.54) is 0 Å². The number of aromatic nitrogens is 2. The maximum Gasteiger partial charge on any atom is 0.105 e. The molecule has 1 aliphatic heterocycles. The number of likely N-dealkylation sites (tertiary alicyclic amines) is 1. The van der Waals surface area contributed by atoms with Crippen molar-refractivity contribution in [3.63, 3.8) is 0 Å². The zero-order chi connectivity index (χ0) is 7.84. The highest BCUT2D eigenvalue weighted by atomic mass is 79.9. The summed E-state index contributed by atoms with van der Waals surface area (Å²) >= 11 is 3.44. The molecule has 1 aromatic rings. The molecule has 0 bridgehead atoms. The minimum atomic E-state index is 0.622. The Bertz CT molecular complexity index is 252. The molecule has 0 unspecified atom stereocenters. The van der Waals surface area contributed by atoms with Gasteiger partial charge < -0.3 is 9.47 Å². The van der Waals surface area contributed by atoms with Crippen molar-refractivity contribution in [2.75, 3.05) is 20.1 Å². The fraction of sp³-hybridized carbons (Fsp3) is 0.571. The van der Waals surface area contributed by atoms with Crippen LogP contribution in [-0.4, -0.2) is 34.6 Å². The molecule has 4 heteroatoms. The molecule has 1 fully saturated rings. The van der Waals surface area contributed by atoms with Gasteiger partial charge in [0.1, 0.15) is 4.60 Å². The Labute approximate surface area is 74.2 Å². The molecule has 3 nitrogen and oxygen atoms in total. The lowest BCUT2D eigenvalue weighted by molar-refractivity contribution is 0.139. The maximum absolute atomic E-state index is 4.05. The van der Waals surface area contributed by atoms with E-state index in [0.29, 0.717) is 6.04 Å². The molecule has 0 amide bonds. The quantitative estimate of drug-likeness (QED) is 0.701. The highest BCUT2D eigenvalue weighted by Crippen LogP contribution is 2.23. The van der Waals surface area contributed by atoms with Gasteiger partial charge in [-0.3, -0.25) is 0 Å². The van der Waals surface area contributed by atoms with Crippen LogP contribution in [0, 0.1) is 0 Å². The number of likely N-dealkylation sites (N-methyl/N-ethyl adjacent to an activating group) is 1. The van der Waals surface area contributed by atoms with Gasteiger partial charge in [-0.15, -0.1) is 0 Å². The van der Waals surface area contributed by atoms with Gasteiger partial charge in [0.15, 0.2) is 0 Å². The second-order valence-corrected chi connectivity index (χ2v) is 3.81. The summed E-state index contributed by atoms with van der Waals surface area (Å²) < 4.78 is 3.25. The van der Waals surface area contributed by atoms with Crippen LogP contribution >= 0.6 is 15.9 Å². The van der Waals surface area contributed by atoms with E-state index in [-0.39, 0.29) is 0 Å². The molecule has 1 aromatic heterocycles. The highest BCUT2D eigenvalue weighted by molar-refractivity contribution is 9.10. The molecule has 0 aromatic carbocycles. The van der Waals surface area contributed by atoms with Gasteiger partial charge in [-0.1, -0.05) is 0 Å². The van der Waals surface area contributed by atoms with Crippen LogP contribution in [0.25, 0.3) is 0 Å². The average Bonchev–Trinajstić information content (AvgIpc) is 2.29. The molecule has 0 saturated carbocycles. The summed E-state index contributed by atoms with van der Waals surface area (Å²) in [7, 11) is 2.13. The summed E-state index contributed by atoms with van der Waals surface area (Å²) in [6.45, 7) is 2.27. The number of hydrogen-bond acceptors (Lipinski definition) is 2. The summed E-state index contributed by atoms with van der Waals surface area (Å²) in [6.07, 6.45) is 3.71. The van der Waals surface area contributed by atoms with Crippen molar-refractivity contribution in [2.45, 2.75) is 6.04 Å². The molecule has 1 aliphatic rings. The smallest absolute Gasteiger partial charge is 0.105 e. The van der Waals surface area contributed by atoms with E-state index in [9.17, 15) is 0 Å². The van der Waals surface area contributed by atoms with Crippen LogP contribution in [0.3, 0.4) is 0 Å². The third-order valence-corrected chi connectivity index (χ3v) is 2.67. The molecule has 2 rings (SSSR count). The number of halogens is 1. The van der Waals surface area contributed by atoms with Crippen molar-refractivity contribution >= 4 is 15.9 Å². The van der Waals surface area contributed by atoms with Gasteiger partial charge in [0.05, 0.1) is 18.6 Å². The number of imidazole rings is 1. The molecule has 2 heterocycles. The lowest BCUT2D eigenvalue weighted by Crippen LogP contribution is -2.44. The summed E-state index contributed by atoms with van der Waals surface area (Å²) in [5.41, 5.74) is 0. The molecule has 60 valence electrons. The highest BCUT2D eigenvalue weighted by Gasteiger charge is 2.25. The van der Waals surface area contributed by atoms with Crippen molar-refractivity contribution in [3.05, 3.63) is 17.1 Å². The molecule has 0 radical (unpaired) electrons. The number of hydrogen-bond donors (Lipinski definition) is 0. The molecule has 11 heavy (non-hydrogen) atoms. The summed E-state index contributed by atoms with van der Waals surface area (Å²) in [6, 6.07) is 0.622. The van der Waals surface area contributed by atoms with E-state index in [1.807, 2.05) is 12.5 Å². The summed E-state index contributed by atoms with van der Waals surface area (Å²) in [5.74, 6) is 0. The van der Waals surface area contributed by atoms with Gasteiger partial charge in [-0.2, -0.15) is 0 Å². The fourth-order valence-electron chi connectivity index (χ4n) is 1.40. The standard InChI is InChI=1S/C7H10BrN3/c1-10-3-6(4-10)11-5-9-2-7(11)8/h2,5-6H,3-4H2,1H3. The third-order valence-electron chi connectivity index (χ3n) is 2.06. The molecule has 0 N–H and O–H groups in total. The van der Waals surface area contributed by atoms with E-state index in [2.05, 4.69) is 37.4 Å². The van der Waals surface area contributed by atoms with Crippen molar-refractivity contribution in [3.8, 4) is 0 Å². The van der Waals surface area contributed by atoms with E-state index in [1.54, 1.807) is 0 Å². The molecule has 1 saturated heterocycles. The maximum atomic E-state index is 4.05. The molecule has 0 atom stereocenters. The molecule has 0 spiro atoms.